The van der Waals surface area contributed by atoms with Crippen LogP contribution in [-0.4, -0.2) is 19.7 Å². The zero-order valence-corrected chi connectivity index (χ0v) is 9.95. The average Bonchev–Trinajstić information content (AvgIpc) is 2.84. The summed E-state index contributed by atoms with van der Waals surface area (Å²) in [7, 11) is 1.95. The van der Waals surface area contributed by atoms with Gasteiger partial charge in [-0.2, -0.15) is 11.3 Å². The highest BCUT2D eigenvalue weighted by atomic mass is 32.1. The molecule has 0 atom stereocenters. The van der Waals surface area contributed by atoms with E-state index < -0.39 is 0 Å². The molecule has 0 saturated heterocycles. The van der Waals surface area contributed by atoms with Crippen LogP contribution in [0, 0.1) is 0 Å². The second kappa shape index (κ2) is 3.57. The summed E-state index contributed by atoms with van der Waals surface area (Å²) in [5.41, 5.74) is 1.64. The fourth-order valence-electron chi connectivity index (χ4n) is 1.97. The Bertz CT molecular complexity index is 600. The maximum atomic E-state index is 12.1. The molecule has 5 heteroatoms. The van der Waals surface area contributed by atoms with Crippen LogP contribution in [0.2, 0.25) is 0 Å². The summed E-state index contributed by atoms with van der Waals surface area (Å²) in [6.07, 6.45) is 0. The molecule has 3 nitrogen and oxygen atoms in total. The van der Waals surface area contributed by atoms with Gasteiger partial charge in [-0.3, -0.25) is 9.59 Å². The fraction of sp³-hybridized carbons (Fsp3) is 0. The number of carbonyl (C=O) groups is 2. The molecule has 2 aromatic rings. The minimum Gasteiger partial charge on any atom is -0.268 e. The van der Waals surface area contributed by atoms with Gasteiger partial charge in [-0.15, -0.1) is 0 Å². The molecule has 2 amide bonds. The molecule has 0 unspecified atom stereocenters. The first-order valence-corrected chi connectivity index (χ1v) is 6.09. The molecular weight excluding hydrogens is 233 g/mol. The number of amides is 2. The molecule has 1 aromatic heterocycles. The fourth-order valence-corrected chi connectivity index (χ4v) is 2.64. The van der Waals surface area contributed by atoms with Crippen LogP contribution in [0.4, 0.5) is 5.69 Å². The highest BCUT2D eigenvalue weighted by Gasteiger charge is 2.36. The van der Waals surface area contributed by atoms with E-state index in [9.17, 15) is 9.59 Å². The first-order valence-electron chi connectivity index (χ1n) is 5.21. The van der Waals surface area contributed by atoms with Crippen LogP contribution >= 0.6 is 11.3 Å². The summed E-state index contributed by atoms with van der Waals surface area (Å²) in [6.45, 7) is 0. The van der Waals surface area contributed by atoms with Crippen LogP contribution in [0.15, 0.2) is 35.7 Å². The van der Waals surface area contributed by atoms with Gasteiger partial charge in [0.05, 0.1) is 16.8 Å². The summed E-state index contributed by atoms with van der Waals surface area (Å²) in [5.74, 6) is -0.466. The van der Waals surface area contributed by atoms with Crippen LogP contribution in [0.3, 0.4) is 0 Å². The molecule has 0 spiro atoms. The van der Waals surface area contributed by atoms with E-state index in [4.69, 9.17) is 0 Å². The SMILES string of the molecule is Bc1cc(N2C(=O)c3ccccc3C2=O)cs1. The smallest absolute Gasteiger partial charge is 0.266 e. The van der Waals surface area contributed by atoms with E-state index >= 15 is 0 Å². The number of rotatable bonds is 1. The predicted molar refractivity (Wildman–Crippen MR) is 70.1 cm³/mol. The van der Waals surface area contributed by atoms with Gasteiger partial charge in [-0.25, -0.2) is 4.90 Å². The number of nitrogens with zero attached hydrogens (tertiary/aromatic N) is 1. The molecule has 1 aliphatic rings. The van der Waals surface area contributed by atoms with Crippen molar-refractivity contribution in [1.29, 1.82) is 0 Å². The van der Waals surface area contributed by atoms with E-state index in [0.29, 0.717) is 16.8 Å². The minimum atomic E-state index is -0.233. The van der Waals surface area contributed by atoms with Crippen LogP contribution < -0.4 is 9.68 Å². The molecule has 0 radical (unpaired) electrons. The molecule has 0 bridgehead atoms. The Morgan fingerprint density at radius 2 is 1.65 bits per heavy atom. The Morgan fingerprint density at radius 3 is 2.12 bits per heavy atom. The number of anilines is 1. The molecule has 2 heterocycles. The van der Waals surface area contributed by atoms with E-state index in [1.54, 1.807) is 24.3 Å². The summed E-state index contributed by atoms with van der Waals surface area (Å²) < 4.78 is 1.08. The molecule has 17 heavy (non-hydrogen) atoms. The lowest BCUT2D eigenvalue weighted by molar-refractivity contribution is 0.0926. The summed E-state index contributed by atoms with van der Waals surface area (Å²) in [5, 5.41) is 1.83. The monoisotopic (exact) mass is 241 g/mol. The van der Waals surface area contributed by atoms with Crippen LogP contribution in [0.25, 0.3) is 0 Å². The van der Waals surface area contributed by atoms with Crippen LogP contribution in [0.1, 0.15) is 20.7 Å². The number of hydrogen-bond donors (Lipinski definition) is 0. The summed E-state index contributed by atoms with van der Waals surface area (Å²) in [4.78, 5) is 25.5. The van der Waals surface area contributed by atoms with Crippen molar-refractivity contribution < 1.29 is 9.59 Å². The summed E-state index contributed by atoms with van der Waals surface area (Å²) in [6, 6.07) is 8.77. The second-order valence-electron chi connectivity index (χ2n) is 3.91. The van der Waals surface area contributed by atoms with Crippen molar-refractivity contribution in [1.82, 2.24) is 0 Å². The van der Waals surface area contributed by atoms with Gasteiger partial charge < -0.3 is 0 Å². The molecule has 0 N–H and O–H groups in total. The lowest BCUT2D eigenvalue weighted by Gasteiger charge is -2.10. The number of hydrogen-bond acceptors (Lipinski definition) is 3. The lowest BCUT2D eigenvalue weighted by atomic mass is 10.1. The molecule has 0 fully saturated rings. The van der Waals surface area contributed by atoms with Gasteiger partial charge in [0, 0.05) is 5.38 Å². The van der Waals surface area contributed by atoms with E-state index in [-0.39, 0.29) is 11.8 Å². The first-order chi connectivity index (χ1) is 8.18. The zero-order valence-electron chi connectivity index (χ0n) is 9.14. The van der Waals surface area contributed by atoms with Crippen molar-refractivity contribution in [2.24, 2.45) is 0 Å². The molecule has 82 valence electrons. The standard InChI is InChI=1S/C12H8BNO2S/c13-10-5-7(6-17-10)14-11(15)8-3-1-2-4-9(8)12(14)16/h1-6H,13H2. The number of fused-ring (bicyclic) bond motifs is 1. The van der Waals surface area contributed by atoms with Crippen molar-refractivity contribution in [3.05, 3.63) is 46.8 Å². The number of carbonyl (C=O) groups excluding carboxylic acids is 2. The Balaban J connectivity index is 2.12. The second-order valence-corrected chi connectivity index (χ2v) is 5.02. The Hall–Kier alpha value is -1.88. The van der Waals surface area contributed by atoms with E-state index in [1.807, 2.05) is 19.3 Å². The van der Waals surface area contributed by atoms with Gasteiger partial charge in [-0.1, -0.05) is 12.1 Å². The molecule has 3 rings (SSSR count). The quantitative estimate of drug-likeness (QED) is 0.547. The molecule has 0 saturated carbocycles. The van der Waals surface area contributed by atoms with Gasteiger partial charge in [0.1, 0.15) is 0 Å². The lowest BCUT2D eigenvalue weighted by Crippen LogP contribution is -2.29. The molecule has 0 aliphatic carbocycles. The number of thiophene rings is 1. The third-order valence-electron chi connectivity index (χ3n) is 2.77. The third kappa shape index (κ3) is 1.43. The molecular formula is C12H8BNO2S. The zero-order chi connectivity index (χ0) is 12.0. The Morgan fingerprint density at radius 1 is 1.06 bits per heavy atom. The average molecular weight is 241 g/mol. The van der Waals surface area contributed by atoms with Crippen molar-refractivity contribution in [3.8, 4) is 0 Å². The van der Waals surface area contributed by atoms with E-state index in [2.05, 4.69) is 0 Å². The Kier molecular flexibility index (Phi) is 2.16. The Labute approximate surface area is 103 Å². The molecule has 1 aromatic carbocycles. The maximum Gasteiger partial charge on any atom is 0.266 e. The van der Waals surface area contributed by atoms with E-state index in [0.717, 1.165) is 4.78 Å². The van der Waals surface area contributed by atoms with Crippen molar-refractivity contribution in [2.75, 3.05) is 4.90 Å². The minimum absolute atomic E-state index is 0.233. The highest BCUT2D eigenvalue weighted by Crippen LogP contribution is 2.28. The van der Waals surface area contributed by atoms with Gasteiger partial charge >= 0.3 is 0 Å². The topological polar surface area (TPSA) is 37.4 Å². The van der Waals surface area contributed by atoms with Crippen LogP contribution in [0.5, 0.6) is 0 Å². The normalized spacial score (nSPS) is 14.2. The number of benzene rings is 1. The predicted octanol–water partition coefficient (Wildman–Crippen LogP) is 0.807. The third-order valence-corrected chi connectivity index (χ3v) is 3.62. The van der Waals surface area contributed by atoms with E-state index in [1.165, 1.54) is 16.2 Å². The summed E-state index contributed by atoms with van der Waals surface area (Å²) >= 11 is 1.53. The van der Waals surface area contributed by atoms with Gasteiger partial charge in [0.15, 0.2) is 7.85 Å². The molecule has 1 aliphatic heterocycles. The van der Waals surface area contributed by atoms with Gasteiger partial charge in [0.25, 0.3) is 11.8 Å². The number of imide groups is 1. The van der Waals surface area contributed by atoms with Crippen molar-refractivity contribution in [3.63, 3.8) is 0 Å². The van der Waals surface area contributed by atoms with Gasteiger partial charge in [-0.05, 0) is 23.0 Å². The van der Waals surface area contributed by atoms with Crippen LogP contribution in [-0.2, 0) is 0 Å². The maximum absolute atomic E-state index is 12.1. The first kappa shape index (κ1) is 10.3. The highest BCUT2D eigenvalue weighted by molar-refractivity contribution is 7.18. The van der Waals surface area contributed by atoms with Crippen molar-refractivity contribution in [2.45, 2.75) is 0 Å². The van der Waals surface area contributed by atoms with Crippen molar-refractivity contribution >= 4 is 41.5 Å². The largest absolute Gasteiger partial charge is 0.268 e. The van der Waals surface area contributed by atoms with Gasteiger partial charge in [0.2, 0.25) is 0 Å².